The molecule has 7 heteroatoms. The van der Waals surface area contributed by atoms with Gasteiger partial charge in [-0.25, -0.2) is 14.0 Å². The number of carbonyl (C=O) groups is 2. The molecule has 2 aliphatic rings. The molecule has 1 saturated heterocycles. The molecule has 0 bridgehead atoms. The summed E-state index contributed by atoms with van der Waals surface area (Å²) in [7, 11) is 0. The van der Waals surface area contributed by atoms with E-state index < -0.39 is 22.8 Å². The highest BCUT2D eigenvalue weighted by atomic mass is 19.1. The number of nitrogens with zero attached hydrogens (tertiary/aromatic N) is 1. The van der Waals surface area contributed by atoms with Gasteiger partial charge in [-0.1, -0.05) is 0 Å². The number of piperidine rings is 1. The van der Waals surface area contributed by atoms with E-state index in [0.29, 0.717) is 18.8 Å². The Balaban J connectivity index is 1.74. The van der Waals surface area contributed by atoms with Crippen LogP contribution in [0.4, 0.5) is 4.39 Å². The largest absolute Gasteiger partial charge is 0.489 e. The Kier molecular flexibility index (Phi) is 6.65. The molecule has 0 unspecified atom stereocenters. The average Bonchev–Trinajstić information content (AvgIpc) is 3.44. The molecule has 0 N–H and O–H groups in total. The van der Waals surface area contributed by atoms with Crippen molar-refractivity contribution < 1.29 is 28.3 Å². The van der Waals surface area contributed by atoms with E-state index in [0.717, 1.165) is 31.2 Å². The number of esters is 1. The number of carbonyl (C=O) groups excluding carboxylic acids is 2. The van der Waals surface area contributed by atoms with Gasteiger partial charge in [-0.15, -0.1) is 5.06 Å². The summed E-state index contributed by atoms with van der Waals surface area (Å²) in [5.74, 6) is -0.895. The van der Waals surface area contributed by atoms with Crippen LogP contribution in [0.25, 0.3) is 0 Å². The zero-order valence-corrected chi connectivity index (χ0v) is 19.4. The van der Waals surface area contributed by atoms with Crippen molar-refractivity contribution >= 4 is 11.9 Å². The minimum Gasteiger partial charge on any atom is -0.489 e. The third-order valence-electron chi connectivity index (χ3n) is 5.19. The lowest BCUT2D eigenvalue weighted by Crippen LogP contribution is -2.44. The molecule has 1 heterocycles. The fraction of sp³-hybridized carbons (Fsp3) is 0.667. The number of ether oxygens (including phenoxy) is 2. The maximum absolute atomic E-state index is 14.8. The van der Waals surface area contributed by atoms with Crippen molar-refractivity contribution in [1.82, 2.24) is 5.06 Å². The molecular formula is C24H34FNO5. The third-order valence-corrected chi connectivity index (χ3v) is 5.19. The Morgan fingerprint density at radius 3 is 2.32 bits per heavy atom. The quantitative estimate of drug-likeness (QED) is 0.606. The smallest absolute Gasteiger partial charge is 0.341 e. The Hall–Kier alpha value is -2.15. The van der Waals surface area contributed by atoms with E-state index in [1.807, 2.05) is 20.8 Å². The fourth-order valence-electron chi connectivity index (χ4n) is 3.39. The third kappa shape index (κ3) is 6.42. The van der Waals surface area contributed by atoms with Gasteiger partial charge in [0.05, 0.1) is 17.5 Å². The maximum Gasteiger partial charge on any atom is 0.341 e. The van der Waals surface area contributed by atoms with Crippen LogP contribution in [-0.4, -0.2) is 41.8 Å². The zero-order chi connectivity index (χ0) is 23.0. The summed E-state index contributed by atoms with van der Waals surface area (Å²) < 4.78 is 26.3. The van der Waals surface area contributed by atoms with Gasteiger partial charge in [-0.3, -0.25) is 0 Å². The van der Waals surface area contributed by atoms with E-state index in [-0.39, 0.29) is 23.6 Å². The number of hydroxylamine groups is 2. The normalized spacial score (nSPS) is 20.3. The predicted octanol–water partition coefficient (Wildman–Crippen LogP) is 5.01. The lowest BCUT2D eigenvalue weighted by atomic mass is 9.98. The molecule has 1 atom stereocenters. The second-order valence-corrected chi connectivity index (χ2v) is 10.5. The van der Waals surface area contributed by atoms with Gasteiger partial charge in [0.25, 0.3) is 0 Å². The molecule has 1 saturated carbocycles. The minimum absolute atomic E-state index is 0.0615. The van der Waals surface area contributed by atoms with Crippen molar-refractivity contribution in [2.75, 3.05) is 13.1 Å². The summed E-state index contributed by atoms with van der Waals surface area (Å²) in [5.41, 5.74) is -0.512. The summed E-state index contributed by atoms with van der Waals surface area (Å²) in [4.78, 5) is 30.2. The highest BCUT2D eigenvalue weighted by Gasteiger charge is 2.33. The van der Waals surface area contributed by atoms with Crippen LogP contribution >= 0.6 is 0 Å². The molecule has 0 amide bonds. The van der Waals surface area contributed by atoms with E-state index in [1.165, 1.54) is 6.07 Å². The number of hydrogen-bond donors (Lipinski definition) is 0. The van der Waals surface area contributed by atoms with Gasteiger partial charge < -0.3 is 14.3 Å². The molecule has 0 radical (unpaired) electrons. The summed E-state index contributed by atoms with van der Waals surface area (Å²) in [6.45, 7) is 11.7. The van der Waals surface area contributed by atoms with Gasteiger partial charge in [-0.2, -0.15) is 0 Å². The topological polar surface area (TPSA) is 65.1 Å². The molecule has 1 aliphatic carbocycles. The van der Waals surface area contributed by atoms with Gasteiger partial charge in [0.2, 0.25) is 0 Å². The van der Waals surface area contributed by atoms with E-state index in [1.54, 1.807) is 31.9 Å². The molecule has 1 aliphatic heterocycles. The van der Waals surface area contributed by atoms with Crippen molar-refractivity contribution in [2.24, 2.45) is 5.41 Å². The first-order valence-electron chi connectivity index (χ1n) is 11.0. The zero-order valence-electron chi connectivity index (χ0n) is 19.4. The minimum atomic E-state index is -0.700. The molecule has 3 rings (SSSR count). The van der Waals surface area contributed by atoms with Gasteiger partial charge in [-0.05, 0) is 84.8 Å². The second-order valence-electron chi connectivity index (χ2n) is 10.5. The number of rotatable bonds is 5. The number of benzene rings is 1. The highest BCUT2D eigenvalue weighted by molar-refractivity contribution is 5.90. The molecule has 1 aromatic carbocycles. The van der Waals surface area contributed by atoms with Crippen molar-refractivity contribution in [2.45, 2.75) is 84.8 Å². The maximum atomic E-state index is 14.8. The van der Waals surface area contributed by atoms with Crippen molar-refractivity contribution in [3.63, 3.8) is 0 Å². The first kappa shape index (κ1) is 23.5. The SMILES string of the molecule is CC(C)(C)OC(=O)c1cc(C2CC2)c(O[C@@H]2CCCN(OC(=O)C(C)(C)C)C2)cc1F. The van der Waals surface area contributed by atoms with Crippen LogP contribution in [0.5, 0.6) is 5.75 Å². The Morgan fingerprint density at radius 1 is 1.06 bits per heavy atom. The van der Waals surface area contributed by atoms with Crippen LogP contribution in [0.2, 0.25) is 0 Å². The van der Waals surface area contributed by atoms with Gasteiger partial charge >= 0.3 is 11.9 Å². The Labute approximate surface area is 184 Å². The van der Waals surface area contributed by atoms with Crippen LogP contribution in [0.3, 0.4) is 0 Å². The van der Waals surface area contributed by atoms with Crippen molar-refractivity contribution in [1.29, 1.82) is 0 Å². The van der Waals surface area contributed by atoms with E-state index in [4.69, 9.17) is 14.3 Å². The van der Waals surface area contributed by atoms with Gasteiger partial charge in [0.15, 0.2) is 0 Å². The summed E-state index contributed by atoms with van der Waals surface area (Å²) in [6.07, 6.45) is 3.32. The van der Waals surface area contributed by atoms with Crippen LogP contribution in [0, 0.1) is 11.2 Å². The van der Waals surface area contributed by atoms with E-state index >= 15 is 0 Å². The Bertz CT molecular complexity index is 836. The van der Waals surface area contributed by atoms with Gasteiger partial charge in [0, 0.05) is 12.6 Å². The second kappa shape index (κ2) is 8.77. The Morgan fingerprint density at radius 2 is 1.74 bits per heavy atom. The van der Waals surface area contributed by atoms with Crippen molar-refractivity contribution in [3.8, 4) is 5.75 Å². The molecular weight excluding hydrogens is 401 g/mol. The molecule has 0 spiro atoms. The van der Waals surface area contributed by atoms with Crippen molar-refractivity contribution in [3.05, 3.63) is 29.1 Å². The molecule has 2 fully saturated rings. The van der Waals surface area contributed by atoms with E-state index in [2.05, 4.69) is 0 Å². The molecule has 31 heavy (non-hydrogen) atoms. The highest BCUT2D eigenvalue weighted by Crippen LogP contribution is 2.45. The van der Waals surface area contributed by atoms with Crippen LogP contribution in [0.1, 0.15) is 89.1 Å². The predicted molar refractivity (Wildman–Crippen MR) is 114 cm³/mol. The first-order valence-corrected chi connectivity index (χ1v) is 11.0. The summed E-state index contributed by atoms with van der Waals surface area (Å²) in [6, 6.07) is 2.88. The summed E-state index contributed by atoms with van der Waals surface area (Å²) in [5, 5.41) is 1.63. The number of hydrogen-bond acceptors (Lipinski definition) is 6. The van der Waals surface area contributed by atoms with Crippen LogP contribution in [-0.2, 0) is 14.4 Å². The standard InChI is InChI=1S/C24H34FNO5/c1-23(2,3)22(28)31-26-11-7-8-16(14-26)29-20-13-19(25)18(12-17(20)15-9-10-15)21(27)30-24(4,5)6/h12-13,15-16H,7-11,14H2,1-6H3/t16-/m1/s1. The molecule has 172 valence electrons. The van der Waals surface area contributed by atoms with Crippen LogP contribution < -0.4 is 4.74 Å². The monoisotopic (exact) mass is 435 g/mol. The summed E-state index contributed by atoms with van der Waals surface area (Å²) >= 11 is 0. The van der Waals surface area contributed by atoms with Gasteiger partial charge in [0.1, 0.15) is 23.3 Å². The molecule has 0 aromatic heterocycles. The first-order chi connectivity index (χ1) is 14.3. The van der Waals surface area contributed by atoms with E-state index in [9.17, 15) is 14.0 Å². The lowest BCUT2D eigenvalue weighted by Gasteiger charge is -2.33. The fourth-order valence-corrected chi connectivity index (χ4v) is 3.39. The molecule has 6 nitrogen and oxygen atoms in total. The van der Waals surface area contributed by atoms with Crippen LogP contribution in [0.15, 0.2) is 12.1 Å². The number of halogens is 1. The lowest BCUT2D eigenvalue weighted by molar-refractivity contribution is -0.209. The molecule has 1 aromatic rings. The average molecular weight is 436 g/mol.